The molecule has 0 saturated heterocycles. The van der Waals surface area contributed by atoms with E-state index < -0.39 is 0 Å². The molecule has 0 amide bonds. The van der Waals surface area contributed by atoms with Crippen LogP contribution in [0.4, 0.5) is 0 Å². The van der Waals surface area contributed by atoms with Crippen LogP contribution >= 0.6 is 7.92 Å². The summed E-state index contributed by atoms with van der Waals surface area (Å²) in [6.07, 6.45) is 12.2. The van der Waals surface area contributed by atoms with Crippen LogP contribution in [0.15, 0.2) is 60.7 Å². The Kier molecular flexibility index (Phi) is 21.0. The molecule has 1 saturated carbocycles. The van der Waals surface area contributed by atoms with Crippen LogP contribution in [0.2, 0.25) is 0 Å². The van der Waals surface area contributed by atoms with Gasteiger partial charge in [0.15, 0.2) is 0 Å². The van der Waals surface area contributed by atoms with E-state index in [-0.39, 0.29) is 25.0 Å². The Morgan fingerprint density at radius 3 is 1.23 bits per heavy atom. The molecule has 0 heterocycles. The second kappa shape index (κ2) is 20.2. The number of rotatable bonds is 4. The Morgan fingerprint density at radius 1 is 0.654 bits per heavy atom. The van der Waals surface area contributed by atoms with Gasteiger partial charge in [0, 0.05) is 0 Å². The van der Waals surface area contributed by atoms with Gasteiger partial charge in [-0.25, -0.2) is 0 Å². The molecule has 2 nitrogen and oxygen atoms in total. The zero-order valence-corrected chi connectivity index (χ0v) is 16.4. The van der Waals surface area contributed by atoms with Gasteiger partial charge in [0.25, 0.3) is 0 Å². The molecule has 1 aliphatic carbocycles. The van der Waals surface area contributed by atoms with Crippen molar-refractivity contribution in [1.82, 2.24) is 0 Å². The summed E-state index contributed by atoms with van der Waals surface area (Å²) in [6, 6.07) is 21.6. The smallest absolute Gasteiger partial charge is 0.343 e. The van der Waals surface area contributed by atoms with Crippen molar-refractivity contribution < 1.29 is 26.4 Å². The molecule has 5 radical (unpaired) electrons. The number of hydrogen-bond donors (Lipinski definition) is 0. The molecule has 0 spiro atoms. The van der Waals surface area contributed by atoms with E-state index in [0.717, 1.165) is 6.42 Å². The monoisotopic (exact) mass is 404 g/mol. The molecule has 0 N–H and O–H groups in total. The Bertz CT molecular complexity index is 513. The van der Waals surface area contributed by atoms with Crippen LogP contribution in [-0.4, -0.2) is 6.16 Å². The van der Waals surface area contributed by atoms with Gasteiger partial charge < -0.3 is 6.92 Å². The minimum atomic E-state index is -0.213. The van der Waals surface area contributed by atoms with Crippen molar-refractivity contribution in [3.8, 4) is 0 Å². The summed E-state index contributed by atoms with van der Waals surface area (Å²) in [4.78, 5) is 0. The molecule has 0 atom stereocenters. The fourth-order valence-corrected chi connectivity index (χ4v) is 4.30. The van der Waals surface area contributed by atoms with Crippen LogP contribution in [0.3, 0.4) is 0 Å². The van der Waals surface area contributed by atoms with Gasteiger partial charge >= 0.3 is 39.7 Å². The largest absolute Gasteiger partial charge is 2.00 e. The first-order valence-corrected chi connectivity index (χ1v) is 9.19. The van der Waals surface area contributed by atoms with Crippen molar-refractivity contribution in [2.24, 2.45) is 0 Å². The van der Waals surface area contributed by atoms with Crippen molar-refractivity contribution in [3.63, 3.8) is 0 Å². The third-order valence-corrected chi connectivity index (χ3v) is 5.68. The molecule has 1 aliphatic rings. The topological polar surface area (TPSA) is 39.8 Å². The molecular weight excluding hydrogens is 383 g/mol. The van der Waals surface area contributed by atoms with Gasteiger partial charge in [-0.1, -0.05) is 66.8 Å². The molecule has 4 heteroatoms. The average Bonchev–Trinajstić information content (AvgIpc) is 3.31. The Hall–Kier alpha value is -1.13. The SMILES string of the molecule is [C-]#[O+].[C-]#[O+].[CH2-]CCP(c1ccccc1)c1ccccc1.[CH]1[CH][CH][CH][CH]1.[Fe+2]. The Morgan fingerprint density at radius 2 is 0.962 bits per heavy atom. The molecule has 2 aromatic carbocycles. The first-order chi connectivity index (χ1) is 12.4. The van der Waals surface area contributed by atoms with Gasteiger partial charge in [-0.15, -0.1) is 0 Å². The van der Waals surface area contributed by atoms with Gasteiger partial charge in [0.2, 0.25) is 0 Å². The maximum atomic E-state index is 7.50. The van der Waals surface area contributed by atoms with Gasteiger partial charge in [0.05, 0.1) is 0 Å². The molecule has 1 fully saturated rings. The van der Waals surface area contributed by atoms with Gasteiger partial charge in [-0.05, 0) is 50.6 Å². The van der Waals surface area contributed by atoms with E-state index in [1.54, 1.807) is 0 Å². The predicted molar refractivity (Wildman–Crippen MR) is 103 cm³/mol. The van der Waals surface area contributed by atoms with Crippen molar-refractivity contribution in [2.75, 3.05) is 6.16 Å². The third kappa shape index (κ3) is 11.5. The van der Waals surface area contributed by atoms with E-state index >= 15 is 0 Å². The van der Waals surface area contributed by atoms with Crippen LogP contribution in [0.5, 0.6) is 0 Å². The zero-order valence-electron chi connectivity index (χ0n) is 14.4. The van der Waals surface area contributed by atoms with Crippen molar-refractivity contribution in [2.45, 2.75) is 6.42 Å². The fourth-order valence-electron chi connectivity index (χ4n) is 2.10. The second-order valence-electron chi connectivity index (χ2n) is 4.64. The van der Waals surface area contributed by atoms with Gasteiger partial charge in [0.1, 0.15) is 0 Å². The standard InChI is InChI=1S/C15H16P.C5H5.2CO.Fe/c1-2-13-16(14-9-5-3-6-10-14)15-11-7-4-8-12-15;1-2-4-5-3-1;2*1-2;/h3-12H,1-2,13H2;1-5H;;;/q-1;;;;+2. The van der Waals surface area contributed by atoms with E-state index in [0.29, 0.717) is 0 Å². The van der Waals surface area contributed by atoms with Crippen LogP contribution in [0, 0.1) is 52.3 Å². The summed E-state index contributed by atoms with van der Waals surface area (Å²) in [5, 5.41) is 2.90. The molecule has 0 bridgehead atoms. The number of hydrogen-bond acceptors (Lipinski definition) is 0. The molecule has 3 rings (SSSR count). The Labute approximate surface area is 170 Å². The predicted octanol–water partition coefficient (Wildman–Crippen LogP) is 4.29. The normalized spacial score (nSPS) is 11.3. The molecule has 133 valence electrons. The van der Waals surface area contributed by atoms with Crippen LogP contribution < -0.4 is 10.6 Å². The van der Waals surface area contributed by atoms with E-state index in [2.05, 4.69) is 80.9 Å². The summed E-state index contributed by atoms with van der Waals surface area (Å²) in [6.45, 7) is 13.0. The third-order valence-electron chi connectivity index (χ3n) is 3.07. The van der Waals surface area contributed by atoms with Crippen LogP contribution in [0.1, 0.15) is 6.42 Å². The molecule has 0 aromatic heterocycles. The van der Waals surface area contributed by atoms with Crippen LogP contribution in [-0.2, 0) is 26.4 Å². The van der Waals surface area contributed by atoms with Gasteiger partial charge in [-0.2, -0.15) is 6.42 Å². The molecular formula is C22H21FeO2P+. The molecule has 26 heavy (non-hydrogen) atoms. The fraction of sp³-hybridized carbons (Fsp3) is 0.0909. The quantitative estimate of drug-likeness (QED) is 0.316. The van der Waals surface area contributed by atoms with Crippen molar-refractivity contribution in [3.05, 3.63) is 113 Å². The minimum Gasteiger partial charge on any atom is -0.343 e. The van der Waals surface area contributed by atoms with Crippen molar-refractivity contribution in [1.29, 1.82) is 0 Å². The first kappa shape index (κ1) is 27.1. The molecule has 2 aromatic rings. The average molecular weight is 404 g/mol. The summed E-state index contributed by atoms with van der Waals surface area (Å²) in [5.74, 6) is 0. The second-order valence-corrected chi connectivity index (χ2v) is 6.97. The Balaban J connectivity index is 0. The summed E-state index contributed by atoms with van der Waals surface area (Å²) >= 11 is 0. The van der Waals surface area contributed by atoms with E-state index in [1.165, 1.54) is 16.8 Å². The maximum absolute atomic E-state index is 7.50. The first-order valence-electron chi connectivity index (χ1n) is 7.66. The van der Waals surface area contributed by atoms with E-state index in [1.807, 2.05) is 32.1 Å². The minimum absolute atomic E-state index is 0. The van der Waals surface area contributed by atoms with E-state index in [4.69, 9.17) is 9.30 Å². The molecule has 0 aliphatic heterocycles. The summed E-state index contributed by atoms with van der Waals surface area (Å²) in [7, 11) is -0.213. The summed E-state index contributed by atoms with van der Waals surface area (Å²) < 4.78 is 15.0. The van der Waals surface area contributed by atoms with Gasteiger partial charge in [-0.3, -0.25) is 0 Å². The number of benzene rings is 2. The van der Waals surface area contributed by atoms with Crippen molar-refractivity contribution >= 4 is 18.5 Å². The van der Waals surface area contributed by atoms with Crippen LogP contribution in [0.25, 0.3) is 0 Å². The maximum Gasteiger partial charge on any atom is 2.00 e. The molecule has 0 unspecified atom stereocenters. The summed E-state index contributed by atoms with van der Waals surface area (Å²) in [5.41, 5.74) is 0. The van der Waals surface area contributed by atoms with E-state index in [9.17, 15) is 0 Å². The zero-order chi connectivity index (χ0) is 18.8.